The molecule has 2 aromatic heterocycles. The first-order valence-electron chi connectivity index (χ1n) is 7.27. The first-order chi connectivity index (χ1) is 10.3. The minimum absolute atomic E-state index is 0.288. The summed E-state index contributed by atoms with van der Waals surface area (Å²) in [7, 11) is 0. The van der Waals surface area contributed by atoms with Gasteiger partial charge in [0.05, 0.1) is 10.2 Å². The fourth-order valence-corrected chi connectivity index (χ4v) is 3.77. The zero-order valence-corrected chi connectivity index (χ0v) is 12.8. The molecule has 3 aromatic rings. The quantitative estimate of drug-likeness (QED) is 0.786. The molecule has 1 saturated carbocycles. The third-order valence-corrected chi connectivity index (χ3v) is 5.32. The minimum atomic E-state index is 0.288. The Labute approximate surface area is 128 Å². The Morgan fingerprint density at radius 1 is 1.19 bits per heavy atom. The topological polar surface area (TPSA) is 37.8 Å². The lowest BCUT2D eigenvalue weighted by Gasteiger charge is -2.15. The first kappa shape index (κ1) is 12.8. The molecular weight excluding hydrogens is 278 g/mol. The van der Waals surface area contributed by atoms with Crippen LogP contribution in [0, 0.1) is 6.92 Å². The SMILES string of the molecule is Cc1cccc2sc(NCC3(c4ccncc4)CC3)nc12. The zero-order valence-electron chi connectivity index (χ0n) is 12.0. The molecule has 1 aromatic carbocycles. The molecule has 0 radical (unpaired) electrons. The predicted molar refractivity (Wildman–Crippen MR) is 88.0 cm³/mol. The van der Waals surface area contributed by atoms with Crippen LogP contribution in [0.1, 0.15) is 24.0 Å². The number of aromatic nitrogens is 2. The summed E-state index contributed by atoms with van der Waals surface area (Å²) in [5, 5.41) is 4.58. The van der Waals surface area contributed by atoms with Crippen LogP contribution >= 0.6 is 11.3 Å². The van der Waals surface area contributed by atoms with Crippen molar-refractivity contribution < 1.29 is 0 Å². The molecule has 4 heteroatoms. The fraction of sp³-hybridized carbons (Fsp3) is 0.294. The summed E-state index contributed by atoms with van der Waals surface area (Å²) in [6.45, 7) is 3.07. The Morgan fingerprint density at radius 3 is 2.71 bits per heavy atom. The maximum atomic E-state index is 4.73. The minimum Gasteiger partial charge on any atom is -0.361 e. The van der Waals surface area contributed by atoms with Crippen LogP contribution in [-0.2, 0) is 5.41 Å². The van der Waals surface area contributed by atoms with Gasteiger partial charge in [-0.3, -0.25) is 4.98 Å². The van der Waals surface area contributed by atoms with E-state index in [4.69, 9.17) is 4.98 Å². The predicted octanol–water partition coefficient (Wildman–Crippen LogP) is 4.14. The van der Waals surface area contributed by atoms with Gasteiger partial charge in [0.2, 0.25) is 0 Å². The second kappa shape index (κ2) is 4.81. The molecule has 3 nitrogen and oxygen atoms in total. The van der Waals surface area contributed by atoms with E-state index in [1.165, 1.54) is 28.7 Å². The van der Waals surface area contributed by atoms with Gasteiger partial charge in [0.25, 0.3) is 0 Å². The Bertz CT molecular complexity index is 775. The van der Waals surface area contributed by atoms with Crippen LogP contribution in [0.4, 0.5) is 5.13 Å². The van der Waals surface area contributed by atoms with E-state index in [-0.39, 0.29) is 5.41 Å². The summed E-state index contributed by atoms with van der Waals surface area (Å²) < 4.78 is 1.26. The summed E-state index contributed by atoms with van der Waals surface area (Å²) in [6, 6.07) is 10.6. The van der Waals surface area contributed by atoms with Crippen LogP contribution in [0.5, 0.6) is 0 Å². The van der Waals surface area contributed by atoms with Crippen molar-refractivity contribution in [2.45, 2.75) is 25.2 Å². The van der Waals surface area contributed by atoms with Gasteiger partial charge in [-0.15, -0.1) is 0 Å². The fourth-order valence-electron chi connectivity index (χ4n) is 2.83. The number of benzene rings is 1. The Morgan fingerprint density at radius 2 is 2.00 bits per heavy atom. The number of nitrogens with zero attached hydrogens (tertiary/aromatic N) is 2. The number of thiazole rings is 1. The number of anilines is 1. The third kappa shape index (κ3) is 2.29. The van der Waals surface area contributed by atoms with Crippen molar-refractivity contribution in [3.8, 4) is 0 Å². The Balaban J connectivity index is 1.55. The number of rotatable bonds is 4. The van der Waals surface area contributed by atoms with E-state index in [0.717, 1.165) is 17.2 Å². The van der Waals surface area contributed by atoms with Gasteiger partial charge in [-0.05, 0) is 49.1 Å². The van der Waals surface area contributed by atoms with Crippen LogP contribution in [0.3, 0.4) is 0 Å². The standard InChI is InChI=1S/C17H17N3S/c1-12-3-2-4-14-15(12)20-16(21-14)19-11-17(7-8-17)13-5-9-18-10-6-13/h2-6,9-10H,7-8,11H2,1H3,(H,19,20). The second-order valence-corrected chi connectivity index (χ2v) is 6.84. The first-order valence-corrected chi connectivity index (χ1v) is 8.09. The average Bonchev–Trinajstić information content (AvgIpc) is 3.19. The molecule has 4 rings (SSSR count). The highest BCUT2D eigenvalue weighted by Crippen LogP contribution is 2.48. The van der Waals surface area contributed by atoms with E-state index < -0.39 is 0 Å². The largest absolute Gasteiger partial charge is 0.361 e. The summed E-state index contributed by atoms with van der Waals surface area (Å²) in [4.78, 5) is 8.84. The molecule has 0 amide bonds. The van der Waals surface area contributed by atoms with Crippen molar-refractivity contribution in [3.63, 3.8) is 0 Å². The summed E-state index contributed by atoms with van der Waals surface area (Å²) in [5.41, 5.74) is 4.05. The van der Waals surface area contributed by atoms with E-state index in [9.17, 15) is 0 Å². The van der Waals surface area contributed by atoms with Crippen molar-refractivity contribution in [3.05, 3.63) is 53.9 Å². The molecule has 0 saturated heterocycles. The van der Waals surface area contributed by atoms with Crippen molar-refractivity contribution in [1.82, 2.24) is 9.97 Å². The van der Waals surface area contributed by atoms with Crippen molar-refractivity contribution >= 4 is 26.7 Å². The highest BCUT2D eigenvalue weighted by atomic mass is 32.1. The van der Waals surface area contributed by atoms with Crippen LogP contribution < -0.4 is 5.32 Å². The van der Waals surface area contributed by atoms with Crippen molar-refractivity contribution in [2.75, 3.05) is 11.9 Å². The summed E-state index contributed by atoms with van der Waals surface area (Å²) in [5.74, 6) is 0. The van der Waals surface area contributed by atoms with Gasteiger partial charge in [0.15, 0.2) is 5.13 Å². The van der Waals surface area contributed by atoms with E-state index in [1.807, 2.05) is 12.4 Å². The van der Waals surface area contributed by atoms with Crippen LogP contribution in [0.15, 0.2) is 42.7 Å². The molecule has 0 aliphatic heterocycles. The van der Waals surface area contributed by atoms with Crippen molar-refractivity contribution in [1.29, 1.82) is 0 Å². The third-order valence-electron chi connectivity index (χ3n) is 4.34. The number of aryl methyl sites for hydroxylation is 1. The molecule has 106 valence electrons. The number of hydrogen-bond acceptors (Lipinski definition) is 4. The highest BCUT2D eigenvalue weighted by molar-refractivity contribution is 7.22. The molecule has 0 atom stereocenters. The smallest absolute Gasteiger partial charge is 0.183 e. The lowest BCUT2D eigenvalue weighted by atomic mass is 9.97. The van der Waals surface area contributed by atoms with E-state index in [1.54, 1.807) is 11.3 Å². The molecular formula is C17H17N3S. The van der Waals surface area contributed by atoms with Gasteiger partial charge < -0.3 is 5.32 Å². The maximum absolute atomic E-state index is 4.73. The lowest BCUT2D eigenvalue weighted by Crippen LogP contribution is -2.19. The monoisotopic (exact) mass is 295 g/mol. The number of para-hydroxylation sites is 1. The summed E-state index contributed by atoms with van der Waals surface area (Å²) in [6.07, 6.45) is 6.26. The molecule has 0 unspecified atom stereocenters. The molecule has 1 aliphatic carbocycles. The van der Waals surface area contributed by atoms with Gasteiger partial charge in [0.1, 0.15) is 0 Å². The molecule has 21 heavy (non-hydrogen) atoms. The highest BCUT2D eigenvalue weighted by Gasteiger charge is 2.44. The van der Waals surface area contributed by atoms with Crippen LogP contribution in [-0.4, -0.2) is 16.5 Å². The maximum Gasteiger partial charge on any atom is 0.183 e. The van der Waals surface area contributed by atoms with Crippen molar-refractivity contribution in [2.24, 2.45) is 0 Å². The number of fused-ring (bicyclic) bond motifs is 1. The summed E-state index contributed by atoms with van der Waals surface area (Å²) >= 11 is 1.74. The van der Waals surface area contributed by atoms with Crippen LogP contribution in [0.2, 0.25) is 0 Å². The zero-order chi connectivity index (χ0) is 14.3. The molecule has 0 bridgehead atoms. The lowest BCUT2D eigenvalue weighted by molar-refractivity contribution is 0.730. The molecule has 1 fully saturated rings. The average molecular weight is 295 g/mol. The molecule has 1 N–H and O–H groups in total. The normalized spacial score (nSPS) is 16.0. The van der Waals surface area contributed by atoms with Gasteiger partial charge >= 0.3 is 0 Å². The van der Waals surface area contributed by atoms with Gasteiger partial charge in [-0.25, -0.2) is 4.98 Å². The number of nitrogens with one attached hydrogen (secondary N) is 1. The van der Waals surface area contributed by atoms with E-state index in [2.05, 4.69) is 47.6 Å². The van der Waals surface area contributed by atoms with Crippen LogP contribution in [0.25, 0.3) is 10.2 Å². The van der Waals surface area contributed by atoms with Gasteiger partial charge in [0, 0.05) is 24.4 Å². The number of pyridine rings is 1. The van der Waals surface area contributed by atoms with Gasteiger partial charge in [-0.2, -0.15) is 0 Å². The van der Waals surface area contributed by atoms with E-state index >= 15 is 0 Å². The molecule has 2 heterocycles. The molecule has 0 spiro atoms. The van der Waals surface area contributed by atoms with E-state index in [0.29, 0.717) is 0 Å². The Hall–Kier alpha value is -1.94. The molecule has 1 aliphatic rings. The number of hydrogen-bond donors (Lipinski definition) is 1. The van der Waals surface area contributed by atoms with Gasteiger partial charge in [-0.1, -0.05) is 23.5 Å². The Kier molecular flexibility index (Phi) is 2.93. The second-order valence-electron chi connectivity index (χ2n) is 5.81.